The first-order valence-electron chi connectivity index (χ1n) is 12.6. The largest absolute Gasteiger partial charge is 0.481 e. The van der Waals surface area contributed by atoms with Crippen LogP contribution in [0.15, 0.2) is 24.3 Å². The fourth-order valence-electron chi connectivity index (χ4n) is 3.29. The predicted octanol–water partition coefficient (Wildman–Crippen LogP) is 1.88. The molecule has 0 unspecified atom stereocenters. The van der Waals surface area contributed by atoms with Crippen molar-refractivity contribution in [1.82, 2.24) is 21.3 Å². The highest BCUT2D eigenvalue weighted by Crippen LogP contribution is 2.18. The molecule has 1 rings (SSSR count). The van der Waals surface area contributed by atoms with Crippen LogP contribution in [0.25, 0.3) is 0 Å². The summed E-state index contributed by atoms with van der Waals surface area (Å²) in [7, 11) is 0. The number of benzene rings is 1. The van der Waals surface area contributed by atoms with E-state index in [0.29, 0.717) is 19.3 Å². The Labute approximate surface area is 226 Å². The average molecular weight is 551 g/mol. The van der Waals surface area contributed by atoms with Gasteiger partial charge >= 0.3 is 30.0 Å². The molecular weight excluding hydrogens is 512 g/mol. The molecule has 0 aliphatic heterocycles. The smallest absolute Gasteiger partial charge is 0.326 e. The van der Waals surface area contributed by atoms with E-state index >= 15 is 0 Å². The summed E-state index contributed by atoms with van der Waals surface area (Å²) in [5.41, 5.74) is 1.35. The number of unbranched alkanes of at least 4 members (excludes halogenated alkanes) is 1. The van der Waals surface area contributed by atoms with Gasteiger partial charge in [0.2, 0.25) is 0 Å². The highest BCUT2D eigenvalue weighted by molar-refractivity contribution is 5.86. The number of nitrogens with one attached hydrogen (secondary N) is 4. The highest BCUT2D eigenvalue weighted by Gasteiger charge is 2.25. The number of carboxylic acids is 3. The maximum atomic E-state index is 12.1. The molecule has 0 aliphatic rings. The van der Waals surface area contributed by atoms with Gasteiger partial charge in [-0.3, -0.25) is 9.59 Å². The number of Topliss-reactive ketones (excluding diaryl/α,β-unsaturated/α-hetero) is 1. The minimum atomic E-state index is -1.48. The highest BCUT2D eigenvalue weighted by atomic mass is 16.4. The second kappa shape index (κ2) is 15.9. The number of carbonyl (C=O) groups excluding carboxylic acids is 3. The van der Waals surface area contributed by atoms with Gasteiger partial charge in [0.25, 0.3) is 0 Å². The Morgan fingerprint density at radius 1 is 0.744 bits per heavy atom. The molecule has 13 heteroatoms. The summed E-state index contributed by atoms with van der Waals surface area (Å²) in [4.78, 5) is 69.4. The van der Waals surface area contributed by atoms with Gasteiger partial charge in [-0.1, -0.05) is 45.0 Å². The fourth-order valence-corrected chi connectivity index (χ4v) is 3.29. The zero-order valence-electron chi connectivity index (χ0n) is 22.4. The lowest BCUT2D eigenvalue weighted by Gasteiger charge is -2.18. The second-order valence-corrected chi connectivity index (χ2v) is 10.1. The third kappa shape index (κ3) is 13.8. The Balaban J connectivity index is 2.35. The molecule has 0 saturated carbocycles. The second-order valence-electron chi connectivity index (χ2n) is 10.1. The molecule has 1 aromatic carbocycles. The van der Waals surface area contributed by atoms with Crippen molar-refractivity contribution in [2.24, 2.45) is 5.41 Å². The predicted molar refractivity (Wildman–Crippen MR) is 140 cm³/mol. The molecule has 13 nitrogen and oxygen atoms in total. The maximum absolute atomic E-state index is 12.1. The van der Waals surface area contributed by atoms with E-state index in [0.717, 1.165) is 11.1 Å². The van der Waals surface area contributed by atoms with E-state index in [1.807, 2.05) is 45.0 Å². The minimum Gasteiger partial charge on any atom is -0.481 e. The molecule has 2 atom stereocenters. The Hall–Kier alpha value is -4.16. The fraction of sp³-hybridized carbons (Fsp3) is 0.538. The van der Waals surface area contributed by atoms with Crippen LogP contribution in [-0.2, 0) is 32.1 Å². The lowest BCUT2D eigenvalue weighted by atomic mass is 9.87. The summed E-state index contributed by atoms with van der Waals surface area (Å²) in [6.45, 7) is 6.16. The quantitative estimate of drug-likeness (QED) is 0.150. The van der Waals surface area contributed by atoms with Gasteiger partial charge in [-0.25, -0.2) is 19.2 Å². The molecule has 0 aliphatic carbocycles. The summed E-state index contributed by atoms with van der Waals surface area (Å²) in [6.07, 6.45) is 0.305. The minimum absolute atomic E-state index is 0.0307. The lowest BCUT2D eigenvalue weighted by Crippen LogP contribution is -2.51. The molecule has 0 spiro atoms. The number of ketones is 1. The first-order valence-corrected chi connectivity index (χ1v) is 12.6. The summed E-state index contributed by atoms with van der Waals surface area (Å²) in [5, 5.41) is 36.7. The number of carboxylic acid groups (broad SMARTS) is 3. The van der Waals surface area contributed by atoms with Crippen LogP contribution < -0.4 is 21.3 Å². The van der Waals surface area contributed by atoms with Gasteiger partial charge in [-0.2, -0.15) is 0 Å². The number of aliphatic carboxylic acids is 3. The van der Waals surface area contributed by atoms with Crippen LogP contribution in [0.3, 0.4) is 0 Å². The molecule has 0 fully saturated rings. The van der Waals surface area contributed by atoms with Crippen LogP contribution in [0.4, 0.5) is 9.59 Å². The number of carbonyl (C=O) groups is 6. The Morgan fingerprint density at radius 3 is 1.79 bits per heavy atom. The summed E-state index contributed by atoms with van der Waals surface area (Å²) < 4.78 is 0. The number of amides is 4. The van der Waals surface area contributed by atoms with Crippen molar-refractivity contribution in [1.29, 1.82) is 0 Å². The van der Waals surface area contributed by atoms with Crippen molar-refractivity contribution in [3.8, 4) is 0 Å². The SMILES string of the molecule is CC(C)(C)C(=O)Cc1ccc(CNC(=O)NCCCC[C@H](NC(=O)N[C@@H](CCC(=O)O)C(=O)O)C(=O)O)cc1. The Morgan fingerprint density at radius 2 is 1.28 bits per heavy atom. The van der Waals surface area contributed by atoms with Crippen LogP contribution in [0.5, 0.6) is 0 Å². The van der Waals surface area contributed by atoms with E-state index < -0.39 is 53.9 Å². The first kappa shape index (κ1) is 32.9. The molecule has 7 N–H and O–H groups in total. The number of urea groups is 2. The van der Waals surface area contributed by atoms with Crippen LogP contribution in [-0.4, -0.2) is 69.7 Å². The first-order chi connectivity index (χ1) is 18.2. The standard InChI is InChI=1S/C26H38N4O9/c1-26(2,3)20(31)14-16-7-9-17(10-8-16)15-28-24(38)27-13-5-4-6-18(22(34)35)29-25(39)30-19(23(36)37)11-12-21(32)33/h7-10,18-19H,4-6,11-15H2,1-3H3,(H,32,33)(H,34,35)(H,36,37)(H2,27,28,38)(H2,29,30,39)/t18-,19-/m0/s1. The average Bonchev–Trinajstić information content (AvgIpc) is 2.84. The Bertz CT molecular complexity index is 1020. The monoisotopic (exact) mass is 550 g/mol. The van der Waals surface area contributed by atoms with Gasteiger partial charge in [0.05, 0.1) is 0 Å². The molecule has 216 valence electrons. The van der Waals surface area contributed by atoms with Crippen molar-refractivity contribution in [2.75, 3.05) is 6.54 Å². The third-order valence-corrected chi connectivity index (χ3v) is 5.74. The number of rotatable bonds is 16. The molecule has 1 aromatic rings. The summed E-state index contributed by atoms with van der Waals surface area (Å²) in [6, 6.07) is 3.16. The van der Waals surface area contributed by atoms with Crippen molar-refractivity contribution in [2.45, 2.75) is 77.9 Å². The van der Waals surface area contributed by atoms with E-state index in [1.54, 1.807) is 0 Å². The third-order valence-electron chi connectivity index (χ3n) is 5.74. The van der Waals surface area contributed by atoms with Crippen molar-refractivity contribution >= 4 is 35.8 Å². The van der Waals surface area contributed by atoms with Gasteiger partial charge in [0, 0.05) is 31.3 Å². The van der Waals surface area contributed by atoms with E-state index in [-0.39, 0.29) is 31.7 Å². The number of hydrogen-bond donors (Lipinski definition) is 7. The molecule has 0 radical (unpaired) electrons. The van der Waals surface area contributed by atoms with Gasteiger partial charge in [-0.05, 0) is 36.8 Å². The molecule has 0 saturated heterocycles. The van der Waals surface area contributed by atoms with E-state index in [1.165, 1.54) is 0 Å². The van der Waals surface area contributed by atoms with E-state index in [2.05, 4.69) is 21.3 Å². The van der Waals surface area contributed by atoms with Crippen LogP contribution in [0.2, 0.25) is 0 Å². The van der Waals surface area contributed by atoms with Crippen molar-refractivity contribution in [3.63, 3.8) is 0 Å². The summed E-state index contributed by atoms with van der Waals surface area (Å²) >= 11 is 0. The topological polar surface area (TPSA) is 211 Å². The van der Waals surface area contributed by atoms with Crippen molar-refractivity contribution in [3.05, 3.63) is 35.4 Å². The van der Waals surface area contributed by atoms with E-state index in [9.17, 15) is 33.9 Å². The zero-order chi connectivity index (χ0) is 29.6. The van der Waals surface area contributed by atoms with Gasteiger partial charge in [-0.15, -0.1) is 0 Å². The van der Waals surface area contributed by atoms with Gasteiger partial charge < -0.3 is 36.6 Å². The lowest BCUT2D eigenvalue weighted by molar-refractivity contribution is -0.140. The summed E-state index contributed by atoms with van der Waals surface area (Å²) in [5.74, 6) is -3.84. The normalized spacial score (nSPS) is 12.5. The molecule has 0 aromatic heterocycles. The molecular formula is C26H38N4O9. The molecule has 4 amide bonds. The van der Waals surface area contributed by atoms with Gasteiger partial charge in [0.15, 0.2) is 0 Å². The maximum Gasteiger partial charge on any atom is 0.326 e. The van der Waals surface area contributed by atoms with Crippen LogP contribution in [0, 0.1) is 5.41 Å². The zero-order valence-corrected chi connectivity index (χ0v) is 22.4. The van der Waals surface area contributed by atoms with Crippen molar-refractivity contribution < 1.29 is 44.1 Å². The van der Waals surface area contributed by atoms with Crippen LogP contribution in [0.1, 0.15) is 64.0 Å². The number of hydrogen-bond acceptors (Lipinski definition) is 6. The molecule has 0 bridgehead atoms. The van der Waals surface area contributed by atoms with E-state index in [4.69, 9.17) is 10.2 Å². The molecule has 0 heterocycles. The van der Waals surface area contributed by atoms with Crippen LogP contribution >= 0.6 is 0 Å². The Kier molecular flexibility index (Phi) is 13.4. The van der Waals surface area contributed by atoms with Gasteiger partial charge in [0.1, 0.15) is 17.9 Å². The molecule has 39 heavy (non-hydrogen) atoms.